The van der Waals surface area contributed by atoms with Gasteiger partial charge in [0.2, 0.25) is 0 Å². The van der Waals surface area contributed by atoms with Gasteiger partial charge >= 0.3 is 0 Å². The predicted octanol–water partition coefficient (Wildman–Crippen LogP) is 1.12. The van der Waals surface area contributed by atoms with Gasteiger partial charge in [-0.2, -0.15) is 5.26 Å². The smallest absolute Gasteiger partial charge is 0.263 e. The molecule has 0 heterocycles. The monoisotopic (exact) mass is 245 g/mol. The molecule has 2 N–H and O–H groups in total. The van der Waals surface area contributed by atoms with Crippen molar-refractivity contribution < 1.29 is 9.53 Å². The van der Waals surface area contributed by atoms with Gasteiger partial charge in [0.25, 0.3) is 5.91 Å². The number of carbonyl (C=O) groups excluding carboxylic acids is 1. The molecule has 0 unspecified atom stereocenters. The summed E-state index contributed by atoms with van der Waals surface area (Å²) >= 11 is 0. The Morgan fingerprint density at radius 2 is 1.89 bits per heavy atom. The molecule has 5 heteroatoms. The highest BCUT2D eigenvalue weighted by Gasteiger charge is 2.15. The number of ether oxygens (including phenoxy) is 1. The molecular weight excluding hydrogens is 230 g/mol. The standard InChI is InChI=1S/C13H15N3O2/c1-16(2)10-6-4-9(5-7-10)12(18-3)11(8-14)13(15)17/h4-7H,1-3H3,(H2,15,17)/b12-11+. The maximum absolute atomic E-state index is 11.1. The largest absolute Gasteiger partial charge is 0.495 e. The Morgan fingerprint density at radius 3 is 2.22 bits per heavy atom. The molecule has 0 spiro atoms. The van der Waals surface area contributed by atoms with E-state index in [1.165, 1.54) is 7.11 Å². The van der Waals surface area contributed by atoms with Crippen LogP contribution in [0.5, 0.6) is 0 Å². The molecule has 5 nitrogen and oxygen atoms in total. The third-order valence-electron chi connectivity index (χ3n) is 2.44. The van der Waals surface area contributed by atoms with Crippen LogP contribution in [0.4, 0.5) is 5.69 Å². The zero-order valence-electron chi connectivity index (χ0n) is 10.6. The fraction of sp³-hybridized carbons (Fsp3) is 0.231. The summed E-state index contributed by atoms with van der Waals surface area (Å²) < 4.78 is 5.09. The van der Waals surface area contributed by atoms with E-state index in [4.69, 9.17) is 15.7 Å². The van der Waals surface area contributed by atoms with Crippen LogP contribution in [0.25, 0.3) is 5.76 Å². The van der Waals surface area contributed by atoms with Crippen LogP contribution in [-0.4, -0.2) is 27.1 Å². The molecule has 94 valence electrons. The van der Waals surface area contributed by atoms with Crippen LogP contribution < -0.4 is 10.6 Å². The Bertz CT molecular complexity index is 510. The van der Waals surface area contributed by atoms with Gasteiger partial charge in [-0.05, 0) is 24.3 Å². The summed E-state index contributed by atoms with van der Waals surface area (Å²) in [4.78, 5) is 13.1. The molecular formula is C13H15N3O2. The third-order valence-corrected chi connectivity index (χ3v) is 2.44. The Kier molecular flexibility index (Phi) is 4.33. The van der Waals surface area contributed by atoms with Crippen LogP contribution >= 0.6 is 0 Å². The van der Waals surface area contributed by atoms with Gasteiger partial charge in [-0.15, -0.1) is 0 Å². The Labute approximate surface area is 106 Å². The van der Waals surface area contributed by atoms with E-state index in [-0.39, 0.29) is 11.3 Å². The summed E-state index contributed by atoms with van der Waals surface area (Å²) in [5.74, 6) is -0.610. The molecule has 0 atom stereocenters. The molecule has 1 rings (SSSR count). The van der Waals surface area contributed by atoms with Crippen molar-refractivity contribution in [3.63, 3.8) is 0 Å². The molecule has 0 saturated carbocycles. The second-order valence-electron chi connectivity index (χ2n) is 3.83. The first-order valence-electron chi connectivity index (χ1n) is 5.27. The number of primary amides is 1. The maximum Gasteiger partial charge on any atom is 0.263 e. The van der Waals surface area contributed by atoms with Crippen LogP contribution in [0.1, 0.15) is 5.56 Å². The van der Waals surface area contributed by atoms with Crippen molar-refractivity contribution in [1.29, 1.82) is 5.26 Å². The van der Waals surface area contributed by atoms with Crippen LogP contribution in [0.3, 0.4) is 0 Å². The molecule has 0 aromatic heterocycles. The lowest BCUT2D eigenvalue weighted by molar-refractivity contribution is -0.114. The van der Waals surface area contributed by atoms with Crippen LogP contribution in [0, 0.1) is 11.3 Å². The number of nitriles is 1. The summed E-state index contributed by atoms with van der Waals surface area (Å²) in [6, 6.07) is 9.03. The predicted molar refractivity (Wildman–Crippen MR) is 69.5 cm³/mol. The van der Waals surface area contributed by atoms with E-state index >= 15 is 0 Å². The Balaban J connectivity index is 3.26. The van der Waals surface area contributed by atoms with Crippen LogP contribution in [0.2, 0.25) is 0 Å². The topological polar surface area (TPSA) is 79.3 Å². The first-order valence-corrected chi connectivity index (χ1v) is 5.27. The maximum atomic E-state index is 11.1. The molecule has 1 aromatic carbocycles. The number of benzene rings is 1. The zero-order chi connectivity index (χ0) is 13.7. The SMILES string of the molecule is CO/C(=C(\C#N)C(N)=O)c1ccc(N(C)C)cc1. The van der Waals surface area contributed by atoms with Crippen molar-refractivity contribution in [1.82, 2.24) is 0 Å². The first-order chi connectivity index (χ1) is 8.51. The van der Waals surface area contributed by atoms with Gasteiger partial charge in [0.1, 0.15) is 11.8 Å². The molecule has 0 fully saturated rings. The minimum atomic E-state index is -0.800. The van der Waals surface area contributed by atoms with Gasteiger partial charge in [-0.3, -0.25) is 4.79 Å². The molecule has 0 aliphatic heterocycles. The van der Waals surface area contributed by atoms with E-state index in [1.807, 2.05) is 31.1 Å². The van der Waals surface area contributed by atoms with Gasteiger partial charge in [0.05, 0.1) is 7.11 Å². The number of anilines is 1. The first kappa shape index (κ1) is 13.6. The zero-order valence-corrected chi connectivity index (χ0v) is 10.6. The van der Waals surface area contributed by atoms with E-state index in [0.717, 1.165) is 5.69 Å². The number of hydrogen-bond donors (Lipinski definition) is 1. The molecule has 0 saturated heterocycles. The number of rotatable bonds is 4. The highest BCUT2D eigenvalue weighted by atomic mass is 16.5. The van der Waals surface area contributed by atoms with Crippen molar-refractivity contribution in [2.45, 2.75) is 0 Å². The number of carbonyl (C=O) groups is 1. The van der Waals surface area contributed by atoms with Crippen LogP contribution in [0.15, 0.2) is 29.8 Å². The summed E-state index contributed by atoms with van der Waals surface area (Å²) in [5.41, 5.74) is 6.59. The average molecular weight is 245 g/mol. The average Bonchev–Trinajstić information content (AvgIpc) is 2.35. The summed E-state index contributed by atoms with van der Waals surface area (Å²) in [5, 5.41) is 8.91. The molecule has 1 aromatic rings. The van der Waals surface area contributed by atoms with Crippen molar-refractivity contribution in [3.8, 4) is 6.07 Å². The number of nitrogens with two attached hydrogens (primary N) is 1. The van der Waals surface area contributed by atoms with E-state index in [2.05, 4.69) is 0 Å². The van der Waals surface area contributed by atoms with Crippen molar-refractivity contribution >= 4 is 17.4 Å². The quantitative estimate of drug-likeness (QED) is 0.489. The van der Waals surface area contributed by atoms with Crippen molar-refractivity contribution in [3.05, 3.63) is 35.4 Å². The normalized spacial score (nSPS) is 11.2. The third kappa shape index (κ3) is 2.80. The fourth-order valence-electron chi connectivity index (χ4n) is 1.49. The van der Waals surface area contributed by atoms with Crippen molar-refractivity contribution in [2.24, 2.45) is 5.73 Å². The Hall–Kier alpha value is -2.48. The molecule has 18 heavy (non-hydrogen) atoms. The van der Waals surface area contributed by atoms with Crippen molar-refractivity contribution in [2.75, 3.05) is 26.1 Å². The van der Waals surface area contributed by atoms with Gasteiger partial charge in [-0.1, -0.05) is 0 Å². The summed E-state index contributed by atoms with van der Waals surface area (Å²) in [7, 11) is 5.24. The van der Waals surface area contributed by atoms with Crippen LogP contribution in [-0.2, 0) is 9.53 Å². The lowest BCUT2D eigenvalue weighted by Crippen LogP contribution is -2.15. The molecule has 0 bridgehead atoms. The molecule has 1 amide bonds. The second-order valence-corrected chi connectivity index (χ2v) is 3.83. The van der Waals surface area contributed by atoms with E-state index in [1.54, 1.807) is 18.2 Å². The van der Waals surface area contributed by atoms with Gasteiger partial charge in [-0.25, -0.2) is 0 Å². The molecule has 0 aliphatic rings. The Morgan fingerprint density at radius 1 is 1.33 bits per heavy atom. The number of amides is 1. The summed E-state index contributed by atoms with van der Waals surface area (Å²) in [6.07, 6.45) is 0. The van der Waals surface area contributed by atoms with E-state index in [9.17, 15) is 4.79 Å². The highest BCUT2D eigenvalue weighted by molar-refractivity contribution is 6.02. The fourth-order valence-corrected chi connectivity index (χ4v) is 1.49. The van der Waals surface area contributed by atoms with Gasteiger partial charge in [0, 0.05) is 25.3 Å². The minimum absolute atomic E-state index is 0.185. The lowest BCUT2D eigenvalue weighted by Gasteiger charge is -2.13. The number of methoxy groups -OCH3 is 1. The highest BCUT2D eigenvalue weighted by Crippen LogP contribution is 2.22. The van der Waals surface area contributed by atoms with E-state index < -0.39 is 5.91 Å². The number of nitrogens with zero attached hydrogens (tertiary/aromatic N) is 2. The van der Waals surface area contributed by atoms with Gasteiger partial charge in [0.15, 0.2) is 5.57 Å². The van der Waals surface area contributed by atoms with E-state index in [0.29, 0.717) is 5.56 Å². The summed E-state index contributed by atoms with van der Waals surface area (Å²) in [6.45, 7) is 0. The minimum Gasteiger partial charge on any atom is -0.495 e. The number of hydrogen-bond acceptors (Lipinski definition) is 4. The molecule has 0 aliphatic carbocycles. The van der Waals surface area contributed by atoms with Gasteiger partial charge < -0.3 is 15.4 Å². The second kappa shape index (κ2) is 5.73. The lowest BCUT2D eigenvalue weighted by atomic mass is 10.1. The molecule has 0 radical (unpaired) electrons.